The minimum Gasteiger partial charge on any atom is -0.284 e. The van der Waals surface area contributed by atoms with E-state index in [4.69, 9.17) is 9.98 Å². The van der Waals surface area contributed by atoms with Gasteiger partial charge in [-0.3, -0.25) is 9.98 Å². The van der Waals surface area contributed by atoms with Crippen LogP contribution < -0.4 is 0 Å². The highest BCUT2D eigenvalue weighted by atomic mass is 14.9. The monoisotopic (exact) mass is 392 g/mol. The molecule has 0 bridgehead atoms. The van der Waals surface area contributed by atoms with Crippen molar-refractivity contribution < 1.29 is 0 Å². The van der Waals surface area contributed by atoms with Crippen LogP contribution in [0.4, 0.5) is 0 Å². The van der Waals surface area contributed by atoms with Gasteiger partial charge in [-0.15, -0.1) is 5.73 Å². The Morgan fingerprint density at radius 2 is 1.93 bits per heavy atom. The summed E-state index contributed by atoms with van der Waals surface area (Å²) in [5.74, 6) is 1.90. The molecule has 158 valence electrons. The fourth-order valence-corrected chi connectivity index (χ4v) is 4.55. The van der Waals surface area contributed by atoms with Crippen LogP contribution in [0.2, 0.25) is 0 Å². The minimum absolute atomic E-state index is 0.505. The van der Waals surface area contributed by atoms with Crippen LogP contribution in [0.15, 0.2) is 50.7 Å². The summed E-state index contributed by atoms with van der Waals surface area (Å²) in [5.41, 5.74) is 11.5. The lowest BCUT2D eigenvalue weighted by Gasteiger charge is -2.20. The van der Waals surface area contributed by atoms with Crippen LogP contribution in [0.5, 0.6) is 0 Å². The molecule has 0 aromatic rings. The number of hydrogen-bond acceptors (Lipinski definition) is 2. The highest BCUT2D eigenvalue weighted by Crippen LogP contribution is 2.44. The van der Waals surface area contributed by atoms with Gasteiger partial charge in [-0.2, -0.15) is 0 Å². The molecule has 0 radical (unpaired) electrons. The van der Waals surface area contributed by atoms with Gasteiger partial charge in [-0.25, -0.2) is 0 Å². The fraction of sp³-hybridized carbons (Fsp3) is 0.667. The third-order valence-electron chi connectivity index (χ3n) is 6.16. The zero-order valence-corrected chi connectivity index (χ0v) is 19.4. The van der Waals surface area contributed by atoms with Gasteiger partial charge in [-0.05, 0) is 87.9 Å². The molecule has 2 heteroatoms. The van der Waals surface area contributed by atoms with E-state index >= 15 is 0 Å². The lowest BCUT2D eigenvalue weighted by Crippen LogP contribution is -2.18. The van der Waals surface area contributed by atoms with Crippen LogP contribution in [0.25, 0.3) is 0 Å². The predicted octanol–water partition coefficient (Wildman–Crippen LogP) is 7.28. The Balaban J connectivity index is 1.95. The first-order valence-corrected chi connectivity index (χ1v) is 11.8. The Hall–Kier alpha value is -1.66. The average Bonchev–Trinajstić information content (AvgIpc) is 3.59. The Bertz CT molecular complexity index is 775. The maximum Gasteiger partial charge on any atom is 0.0667 e. The molecule has 1 aliphatic heterocycles. The molecule has 29 heavy (non-hydrogen) atoms. The van der Waals surface area contributed by atoms with Crippen LogP contribution in [0.1, 0.15) is 86.0 Å². The van der Waals surface area contributed by atoms with E-state index in [1.807, 2.05) is 0 Å². The summed E-state index contributed by atoms with van der Waals surface area (Å²) in [6, 6.07) is 0.544. The summed E-state index contributed by atoms with van der Waals surface area (Å²) in [7, 11) is 0. The molecule has 0 aromatic carbocycles. The van der Waals surface area contributed by atoms with Gasteiger partial charge in [0, 0.05) is 17.2 Å². The van der Waals surface area contributed by atoms with Crippen molar-refractivity contribution in [1.29, 1.82) is 0 Å². The SMILES string of the molecule is C=C=C(C)CC(CCC)C1=NCC(C(/C=C(\C)CC(C)C)=NC2CC2)=C1C1CC1. The number of nitrogens with zero attached hydrogens (tertiary/aromatic N) is 2. The molecular weight excluding hydrogens is 352 g/mol. The maximum atomic E-state index is 5.18. The van der Waals surface area contributed by atoms with Gasteiger partial charge in [0.2, 0.25) is 0 Å². The molecule has 3 aliphatic rings. The summed E-state index contributed by atoms with van der Waals surface area (Å²) in [5, 5.41) is 0. The quantitative estimate of drug-likeness (QED) is 0.261. The predicted molar refractivity (Wildman–Crippen MR) is 127 cm³/mol. The zero-order chi connectivity index (χ0) is 21.0. The van der Waals surface area contributed by atoms with E-state index in [9.17, 15) is 0 Å². The first-order valence-electron chi connectivity index (χ1n) is 11.8. The van der Waals surface area contributed by atoms with Crippen molar-refractivity contribution >= 4 is 11.4 Å². The number of rotatable bonds is 11. The second-order valence-corrected chi connectivity index (χ2v) is 9.85. The molecule has 1 unspecified atom stereocenters. The van der Waals surface area contributed by atoms with Gasteiger partial charge in [0.25, 0.3) is 0 Å². The fourth-order valence-electron chi connectivity index (χ4n) is 4.55. The molecule has 2 aliphatic carbocycles. The maximum absolute atomic E-state index is 5.18. The smallest absolute Gasteiger partial charge is 0.0667 e. The first-order chi connectivity index (χ1) is 13.9. The Labute approximate surface area is 178 Å². The summed E-state index contributed by atoms with van der Waals surface area (Å²) < 4.78 is 0. The summed E-state index contributed by atoms with van der Waals surface area (Å²) >= 11 is 0. The molecule has 2 fully saturated rings. The van der Waals surface area contributed by atoms with E-state index in [1.54, 1.807) is 5.57 Å². The largest absolute Gasteiger partial charge is 0.284 e. The molecule has 0 spiro atoms. The highest BCUT2D eigenvalue weighted by Gasteiger charge is 2.38. The topological polar surface area (TPSA) is 24.7 Å². The molecule has 0 amide bonds. The van der Waals surface area contributed by atoms with Gasteiger partial charge in [0.05, 0.1) is 18.3 Å². The zero-order valence-electron chi connectivity index (χ0n) is 19.4. The van der Waals surface area contributed by atoms with Crippen molar-refractivity contribution in [1.82, 2.24) is 0 Å². The minimum atomic E-state index is 0.505. The van der Waals surface area contributed by atoms with Crippen molar-refractivity contribution in [2.75, 3.05) is 6.54 Å². The molecule has 3 rings (SSSR count). The van der Waals surface area contributed by atoms with E-state index in [1.165, 1.54) is 66.7 Å². The lowest BCUT2D eigenvalue weighted by atomic mass is 9.84. The second kappa shape index (κ2) is 9.90. The Morgan fingerprint density at radius 1 is 1.21 bits per heavy atom. The molecule has 0 saturated heterocycles. The Morgan fingerprint density at radius 3 is 2.48 bits per heavy atom. The molecule has 0 N–H and O–H groups in total. The normalized spacial score (nSPS) is 21.5. The summed E-state index contributed by atoms with van der Waals surface area (Å²) in [4.78, 5) is 10.3. The van der Waals surface area contributed by atoms with Gasteiger partial charge in [0.15, 0.2) is 0 Å². The molecular formula is C27H40N2. The molecule has 2 nitrogen and oxygen atoms in total. The van der Waals surface area contributed by atoms with Crippen molar-refractivity contribution in [3.8, 4) is 0 Å². The lowest BCUT2D eigenvalue weighted by molar-refractivity contribution is 0.605. The molecule has 1 heterocycles. The number of aliphatic imine (C=N–C) groups is 2. The van der Waals surface area contributed by atoms with Crippen LogP contribution >= 0.6 is 0 Å². The molecule has 2 saturated carbocycles. The van der Waals surface area contributed by atoms with E-state index in [-0.39, 0.29) is 0 Å². The van der Waals surface area contributed by atoms with Gasteiger partial charge in [0.1, 0.15) is 0 Å². The van der Waals surface area contributed by atoms with E-state index in [0.717, 1.165) is 19.4 Å². The van der Waals surface area contributed by atoms with Crippen molar-refractivity contribution in [2.45, 2.75) is 92.0 Å². The third kappa shape index (κ3) is 6.16. The number of hydrogen-bond donors (Lipinski definition) is 0. The molecule has 1 atom stereocenters. The highest BCUT2D eigenvalue weighted by molar-refractivity contribution is 6.18. The van der Waals surface area contributed by atoms with Gasteiger partial charge in [-0.1, -0.05) is 39.3 Å². The van der Waals surface area contributed by atoms with Gasteiger partial charge < -0.3 is 0 Å². The third-order valence-corrected chi connectivity index (χ3v) is 6.16. The van der Waals surface area contributed by atoms with Crippen LogP contribution in [0, 0.1) is 17.8 Å². The summed E-state index contributed by atoms with van der Waals surface area (Å²) in [6.07, 6.45) is 12.1. The van der Waals surface area contributed by atoms with Crippen LogP contribution in [-0.2, 0) is 0 Å². The van der Waals surface area contributed by atoms with Crippen molar-refractivity contribution in [2.24, 2.45) is 27.7 Å². The van der Waals surface area contributed by atoms with E-state index < -0.39 is 0 Å². The van der Waals surface area contributed by atoms with Gasteiger partial charge >= 0.3 is 0 Å². The van der Waals surface area contributed by atoms with Crippen molar-refractivity contribution in [3.63, 3.8) is 0 Å². The van der Waals surface area contributed by atoms with Crippen LogP contribution in [-0.4, -0.2) is 24.0 Å². The second-order valence-electron chi connectivity index (χ2n) is 9.85. The summed E-state index contributed by atoms with van der Waals surface area (Å²) in [6.45, 7) is 16.0. The average molecular weight is 393 g/mol. The Kier molecular flexibility index (Phi) is 7.52. The molecule has 0 aromatic heterocycles. The van der Waals surface area contributed by atoms with Crippen LogP contribution in [0.3, 0.4) is 0 Å². The van der Waals surface area contributed by atoms with E-state index in [0.29, 0.717) is 23.8 Å². The van der Waals surface area contributed by atoms with E-state index in [2.05, 4.69) is 53.0 Å². The first kappa shape index (κ1) is 22.0. The number of allylic oxidation sites excluding steroid dienone is 4. The standard InChI is InChI=1S/C27H40N2/c1-7-9-22(15-19(5)8-2)27-26(21-10-11-21)24(17-28-27)25(29-23-12-13-23)16-20(6)14-18(3)4/h16,18,21-23H,2,7,9-15,17H2,1,3-6H3/b20-16+,29-25?. The van der Waals surface area contributed by atoms with Crippen molar-refractivity contribution in [3.05, 3.63) is 40.7 Å².